The van der Waals surface area contributed by atoms with Crippen LogP contribution >= 0.6 is 0 Å². The average Bonchev–Trinajstić information content (AvgIpc) is 2.61. The summed E-state index contributed by atoms with van der Waals surface area (Å²) in [6.45, 7) is 0.550. The van der Waals surface area contributed by atoms with E-state index in [1.165, 1.54) is 6.07 Å². The maximum absolute atomic E-state index is 12.1. The van der Waals surface area contributed by atoms with Crippen LogP contribution in [-0.2, 0) is 6.42 Å². The second kappa shape index (κ2) is 3.97. The second-order valence-corrected chi connectivity index (χ2v) is 3.80. The number of benzene rings is 1. The van der Waals surface area contributed by atoms with Crippen molar-refractivity contribution in [3.8, 4) is 5.75 Å². The summed E-state index contributed by atoms with van der Waals surface area (Å²) in [5.74, 6) is 0.697. The third-order valence-electron chi connectivity index (χ3n) is 2.52. The van der Waals surface area contributed by atoms with Gasteiger partial charge in [-0.1, -0.05) is 6.07 Å². The minimum Gasteiger partial charge on any atom is -0.493 e. The molecule has 0 aromatic heterocycles. The quantitative estimate of drug-likeness (QED) is 0.849. The van der Waals surface area contributed by atoms with E-state index in [0.29, 0.717) is 24.3 Å². The van der Waals surface area contributed by atoms with Crippen molar-refractivity contribution in [3.05, 3.63) is 29.3 Å². The third-order valence-corrected chi connectivity index (χ3v) is 2.52. The number of halogens is 3. The summed E-state index contributed by atoms with van der Waals surface area (Å²) in [6, 6.07) is 4.66. The van der Waals surface area contributed by atoms with Gasteiger partial charge in [-0.05, 0) is 23.3 Å². The van der Waals surface area contributed by atoms with Crippen LogP contribution in [-0.4, -0.2) is 17.9 Å². The van der Waals surface area contributed by atoms with Gasteiger partial charge in [0, 0.05) is 6.42 Å². The van der Waals surface area contributed by atoms with Crippen LogP contribution in [0.15, 0.2) is 18.2 Å². The Balaban J connectivity index is 2.15. The van der Waals surface area contributed by atoms with Gasteiger partial charge < -0.3 is 9.84 Å². The van der Waals surface area contributed by atoms with Crippen molar-refractivity contribution in [1.29, 1.82) is 0 Å². The molecule has 1 aromatic rings. The van der Waals surface area contributed by atoms with Crippen LogP contribution in [0.4, 0.5) is 13.2 Å². The van der Waals surface area contributed by atoms with E-state index in [9.17, 15) is 18.3 Å². The summed E-state index contributed by atoms with van der Waals surface area (Å²) in [5, 5.41) is 9.43. The standard InChI is InChI=1S/C11H11F3O2/c12-11(13,14)6-9(15)7-1-2-10-8(5-7)3-4-16-10/h1-2,5,9,15H,3-4,6H2. The molecule has 1 atom stereocenters. The molecule has 1 aromatic carbocycles. The summed E-state index contributed by atoms with van der Waals surface area (Å²) in [7, 11) is 0. The fraction of sp³-hybridized carbons (Fsp3) is 0.455. The number of alkyl halides is 3. The van der Waals surface area contributed by atoms with Gasteiger partial charge in [-0.2, -0.15) is 13.2 Å². The molecule has 1 aliphatic heterocycles. The molecule has 0 saturated heterocycles. The predicted molar refractivity (Wildman–Crippen MR) is 51.3 cm³/mol. The maximum atomic E-state index is 12.1. The highest BCUT2D eigenvalue weighted by Gasteiger charge is 2.32. The Morgan fingerprint density at radius 3 is 2.81 bits per heavy atom. The zero-order chi connectivity index (χ0) is 11.8. The largest absolute Gasteiger partial charge is 0.493 e. The lowest BCUT2D eigenvalue weighted by atomic mass is 10.0. The van der Waals surface area contributed by atoms with Crippen molar-refractivity contribution in [2.24, 2.45) is 0 Å². The molecule has 0 spiro atoms. The van der Waals surface area contributed by atoms with Crippen molar-refractivity contribution >= 4 is 0 Å². The van der Waals surface area contributed by atoms with Crippen LogP contribution in [0, 0.1) is 0 Å². The van der Waals surface area contributed by atoms with Gasteiger partial charge in [-0.25, -0.2) is 0 Å². The van der Waals surface area contributed by atoms with E-state index in [1.54, 1.807) is 12.1 Å². The molecular formula is C11H11F3O2. The molecule has 0 amide bonds. The van der Waals surface area contributed by atoms with E-state index in [4.69, 9.17) is 4.74 Å². The van der Waals surface area contributed by atoms with E-state index in [1.807, 2.05) is 0 Å². The minimum atomic E-state index is -4.35. The zero-order valence-corrected chi connectivity index (χ0v) is 8.42. The van der Waals surface area contributed by atoms with Crippen LogP contribution in [0.2, 0.25) is 0 Å². The Morgan fingerprint density at radius 1 is 1.38 bits per heavy atom. The molecule has 16 heavy (non-hydrogen) atoms. The molecule has 5 heteroatoms. The normalized spacial score (nSPS) is 16.8. The van der Waals surface area contributed by atoms with E-state index in [2.05, 4.69) is 0 Å². The van der Waals surface area contributed by atoms with E-state index in [0.717, 1.165) is 5.56 Å². The van der Waals surface area contributed by atoms with E-state index in [-0.39, 0.29) is 0 Å². The highest BCUT2D eigenvalue weighted by atomic mass is 19.4. The number of aliphatic hydroxyl groups excluding tert-OH is 1. The predicted octanol–water partition coefficient (Wildman–Crippen LogP) is 2.61. The minimum absolute atomic E-state index is 0.293. The van der Waals surface area contributed by atoms with E-state index >= 15 is 0 Å². The first-order valence-corrected chi connectivity index (χ1v) is 4.96. The Hall–Kier alpha value is -1.23. The van der Waals surface area contributed by atoms with Crippen molar-refractivity contribution in [2.45, 2.75) is 25.1 Å². The van der Waals surface area contributed by atoms with Crippen LogP contribution in [0.25, 0.3) is 0 Å². The summed E-state index contributed by atoms with van der Waals surface area (Å²) in [5.41, 5.74) is 1.15. The first-order valence-electron chi connectivity index (χ1n) is 4.96. The first kappa shape index (κ1) is 11.3. The highest BCUT2D eigenvalue weighted by Crippen LogP contribution is 2.33. The summed E-state index contributed by atoms with van der Waals surface area (Å²) >= 11 is 0. The van der Waals surface area contributed by atoms with Gasteiger partial charge in [0.25, 0.3) is 0 Å². The summed E-state index contributed by atoms with van der Waals surface area (Å²) in [6.07, 6.45) is -6.38. The number of ether oxygens (including phenoxy) is 1. The van der Waals surface area contributed by atoms with Gasteiger partial charge in [0.15, 0.2) is 0 Å². The Bertz CT molecular complexity index is 387. The Labute approximate surface area is 90.7 Å². The van der Waals surface area contributed by atoms with Crippen molar-refractivity contribution in [3.63, 3.8) is 0 Å². The van der Waals surface area contributed by atoms with Crippen LogP contribution < -0.4 is 4.74 Å². The lowest BCUT2D eigenvalue weighted by Crippen LogP contribution is -2.13. The number of rotatable bonds is 2. The molecule has 1 N–H and O–H groups in total. The van der Waals surface area contributed by atoms with Gasteiger partial charge in [-0.15, -0.1) is 0 Å². The molecule has 0 radical (unpaired) electrons. The van der Waals surface area contributed by atoms with Gasteiger partial charge in [0.1, 0.15) is 5.75 Å². The molecular weight excluding hydrogens is 221 g/mol. The molecule has 2 nitrogen and oxygen atoms in total. The molecule has 1 aliphatic rings. The highest BCUT2D eigenvalue weighted by molar-refractivity contribution is 5.40. The number of hydrogen-bond acceptors (Lipinski definition) is 2. The maximum Gasteiger partial charge on any atom is 0.391 e. The monoisotopic (exact) mass is 232 g/mol. The van der Waals surface area contributed by atoms with Crippen molar-refractivity contribution < 1.29 is 23.0 Å². The molecule has 1 heterocycles. The van der Waals surface area contributed by atoms with Gasteiger partial charge in [-0.3, -0.25) is 0 Å². The fourth-order valence-electron chi connectivity index (χ4n) is 1.75. The number of fused-ring (bicyclic) bond motifs is 1. The molecule has 2 rings (SSSR count). The summed E-state index contributed by atoms with van der Waals surface area (Å²) < 4.78 is 41.5. The molecule has 1 unspecified atom stereocenters. The fourth-order valence-corrected chi connectivity index (χ4v) is 1.75. The van der Waals surface area contributed by atoms with Crippen LogP contribution in [0.5, 0.6) is 5.75 Å². The van der Waals surface area contributed by atoms with Crippen molar-refractivity contribution in [2.75, 3.05) is 6.61 Å². The van der Waals surface area contributed by atoms with Crippen molar-refractivity contribution in [1.82, 2.24) is 0 Å². The second-order valence-electron chi connectivity index (χ2n) is 3.80. The van der Waals surface area contributed by atoms with E-state index < -0.39 is 18.7 Å². The average molecular weight is 232 g/mol. The lowest BCUT2D eigenvalue weighted by molar-refractivity contribution is -0.154. The molecule has 0 fully saturated rings. The van der Waals surface area contributed by atoms with Crippen LogP contribution in [0.1, 0.15) is 23.7 Å². The molecule has 0 bridgehead atoms. The summed E-state index contributed by atoms with van der Waals surface area (Å²) in [4.78, 5) is 0. The lowest BCUT2D eigenvalue weighted by Gasteiger charge is -2.14. The number of hydrogen-bond donors (Lipinski definition) is 1. The Kier molecular flexibility index (Phi) is 2.80. The third kappa shape index (κ3) is 2.47. The number of aliphatic hydroxyl groups is 1. The molecule has 0 aliphatic carbocycles. The van der Waals surface area contributed by atoms with Crippen LogP contribution in [0.3, 0.4) is 0 Å². The van der Waals surface area contributed by atoms with Gasteiger partial charge >= 0.3 is 6.18 Å². The molecule has 0 saturated carbocycles. The zero-order valence-electron chi connectivity index (χ0n) is 8.42. The van der Waals surface area contributed by atoms with Gasteiger partial charge in [0.2, 0.25) is 0 Å². The Morgan fingerprint density at radius 2 is 2.12 bits per heavy atom. The first-order chi connectivity index (χ1) is 7.46. The topological polar surface area (TPSA) is 29.5 Å². The van der Waals surface area contributed by atoms with Gasteiger partial charge in [0.05, 0.1) is 19.1 Å². The molecule has 88 valence electrons. The SMILES string of the molecule is OC(CC(F)(F)F)c1ccc2c(c1)CCO2. The smallest absolute Gasteiger partial charge is 0.391 e.